The van der Waals surface area contributed by atoms with Gasteiger partial charge in [-0.2, -0.15) is 0 Å². The average Bonchev–Trinajstić information content (AvgIpc) is 2.69. The fraction of sp³-hybridized carbons (Fsp3) is 0.958. The second-order valence-corrected chi connectivity index (χ2v) is 9.70. The minimum absolute atomic E-state index is 0.583. The lowest BCUT2D eigenvalue weighted by Gasteiger charge is -2.41. The van der Waals surface area contributed by atoms with E-state index in [4.69, 9.17) is 0 Å². The number of nitrogens with zero attached hydrogens (tertiary/aromatic N) is 1. The van der Waals surface area contributed by atoms with Crippen LogP contribution in [0.15, 0.2) is 4.99 Å². The van der Waals surface area contributed by atoms with Crippen LogP contribution in [0.5, 0.6) is 0 Å². The smallest absolute Gasteiger partial charge is 0.0492 e. The highest BCUT2D eigenvalue weighted by Crippen LogP contribution is 2.45. The maximum Gasteiger partial charge on any atom is 0.0492 e. The summed E-state index contributed by atoms with van der Waals surface area (Å²) in [7, 11) is 0. The molecule has 0 radical (unpaired) electrons. The Morgan fingerprint density at radius 1 is 0.640 bits per heavy atom. The van der Waals surface area contributed by atoms with E-state index in [0.717, 1.165) is 29.6 Å². The third-order valence-electron chi connectivity index (χ3n) is 8.26. The maximum absolute atomic E-state index is 4.28. The van der Waals surface area contributed by atoms with E-state index in [-0.39, 0.29) is 0 Å². The van der Waals surface area contributed by atoms with Gasteiger partial charge in [0.05, 0.1) is 0 Å². The molecule has 0 atom stereocenters. The minimum atomic E-state index is 0.583. The largest absolute Gasteiger partial charge is 0.298 e. The summed E-state index contributed by atoms with van der Waals surface area (Å²) >= 11 is 0. The van der Waals surface area contributed by atoms with E-state index in [9.17, 15) is 0 Å². The topological polar surface area (TPSA) is 12.4 Å². The normalized spacial score (nSPS) is 39.9. The fourth-order valence-electron chi connectivity index (χ4n) is 6.47. The van der Waals surface area contributed by atoms with Crippen molar-refractivity contribution in [2.24, 2.45) is 34.6 Å². The van der Waals surface area contributed by atoms with Crippen LogP contribution >= 0.6 is 0 Å². The van der Waals surface area contributed by atoms with Gasteiger partial charge in [-0.15, -0.1) is 0 Å². The van der Waals surface area contributed by atoms with E-state index in [1.807, 2.05) is 0 Å². The fourth-order valence-corrected chi connectivity index (χ4v) is 6.47. The van der Waals surface area contributed by atoms with Gasteiger partial charge in [-0.3, -0.25) is 4.99 Å². The standard InChI is InChI=1S/C24H43N/c1-3-4-5-6-19-7-9-20(10-8-19)21-11-13-22(14-12-21)23-15-17-24(25-2)18-16-23/h19-24H,2-18H2,1H3. The first-order valence-electron chi connectivity index (χ1n) is 11.8. The monoisotopic (exact) mass is 345 g/mol. The average molecular weight is 346 g/mol. The first-order chi connectivity index (χ1) is 12.3. The lowest BCUT2D eigenvalue weighted by molar-refractivity contribution is 0.109. The van der Waals surface area contributed by atoms with Crippen LogP contribution in [0.3, 0.4) is 0 Å². The molecule has 3 aliphatic carbocycles. The minimum Gasteiger partial charge on any atom is -0.298 e. The maximum atomic E-state index is 4.28. The second-order valence-electron chi connectivity index (χ2n) is 9.70. The van der Waals surface area contributed by atoms with Crippen molar-refractivity contribution in [2.75, 3.05) is 0 Å². The van der Waals surface area contributed by atoms with Crippen LogP contribution in [-0.2, 0) is 0 Å². The van der Waals surface area contributed by atoms with Crippen LogP contribution in [0.25, 0.3) is 0 Å². The molecule has 0 aromatic heterocycles. The molecule has 0 heterocycles. The molecule has 0 aromatic carbocycles. The van der Waals surface area contributed by atoms with Gasteiger partial charge < -0.3 is 0 Å². The van der Waals surface area contributed by atoms with Crippen LogP contribution < -0.4 is 0 Å². The van der Waals surface area contributed by atoms with E-state index in [1.165, 1.54) is 64.2 Å². The van der Waals surface area contributed by atoms with Gasteiger partial charge in [-0.25, -0.2) is 0 Å². The van der Waals surface area contributed by atoms with Crippen molar-refractivity contribution in [2.45, 2.75) is 116 Å². The number of aliphatic imine (C=N–C) groups is 1. The molecule has 3 fully saturated rings. The van der Waals surface area contributed by atoms with Crippen molar-refractivity contribution < 1.29 is 0 Å². The number of unbranched alkanes of at least 4 members (excludes halogenated alkanes) is 2. The van der Waals surface area contributed by atoms with E-state index in [1.54, 1.807) is 38.5 Å². The van der Waals surface area contributed by atoms with E-state index < -0.39 is 0 Å². The van der Waals surface area contributed by atoms with Gasteiger partial charge in [0.25, 0.3) is 0 Å². The Morgan fingerprint density at radius 2 is 1.08 bits per heavy atom. The molecule has 25 heavy (non-hydrogen) atoms. The SMILES string of the molecule is C=NC1CCC(C2CCC(C3CCC(CCCCC)CC3)CC2)CC1. The quantitative estimate of drug-likeness (QED) is 0.336. The zero-order chi connectivity index (χ0) is 17.5. The molecule has 0 saturated heterocycles. The first kappa shape index (κ1) is 19.4. The number of hydrogen-bond acceptors (Lipinski definition) is 1. The van der Waals surface area contributed by atoms with Crippen molar-refractivity contribution in [3.05, 3.63) is 0 Å². The molecular formula is C24H43N. The lowest BCUT2D eigenvalue weighted by atomic mass is 9.65. The molecule has 0 spiro atoms. The van der Waals surface area contributed by atoms with Gasteiger partial charge in [0, 0.05) is 6.04 Å². The second kappa shape index (κ2) is 10.1. The highest BCUT2D eigenvalue weighted by atomic mass is 14.7. The highest BCUT2D eigenvalue weighted by molar-refractivity contribution is 5.24. The first-order valence-corrected chi connectivity index (χ1v) is 11.8. The van der Waals surface area contributed by atoms with Crippen LogP contribution in [-0.4, -0.2) is 12.8 Å². The molecule has 0 N–H and O–H groups in total. The van der Waals surface area contributed by atoms with Gasteiger partial charge in [0.15, 0.2) is 0 Å². The molecule has 1 heteroatoms. The molecule has 3 rings (SSSR count). The molecule has 144 valence electrons. The van der Waals surface area contributed by atoms with Gasteiger partial charge >= 0.3 is 0 Å². The van der Waals surface area contributed by atoms with Gasteiger partial charge in [-0.1, -0.05) is 45.4 Å². The van der Waals surface area contributed by atoms with Gasteiger partial charge in [-0.05, 0) is 101 Å². The summed E-state index contributed by atoms with van der Waals surface area (Å²) in [6, 6.07) is 0.583. The molecular weight excluding hydrogens is 302 g/mol. The molecule has 0 bridgehead atoms. The Bertz CT molecular complexity index is 366. The summed E-state index contributed by atoms with van der Waals surface area (Å²) in [6.45, 7) is 6.09. The summed E-state index contributed by atoms with van der Waals surface area (Å²) in [4.78, 5) is 4.28. The zero-order valence-electron chi connectivity index (χ0n) is 16.9. The summed E-state index contributed by atoms with van der Waals surface area (Å²) in [5.41, 5.74) is 0. The zero-order valence-corrected chi connectivity index (χ0v) is 16.9. The third-order valence-corrected chi connectivity index (χ3v) is 8.26. The van der Waals surface area contributed by atoms with E-state index in [0.29, 0.717) is 6.04 Å². The Balaban J connectivity index is 1.34. The highest BCUT2D eigenvalue weighted by Gasteiger charge is 2.34. The molecule has 3 aliphatic rings. The number of rotatable bonds is 7. The molecule has 0 amide bonds. The number of hydrogen-bond donors (Lipinski definition) is 0. The third kappa shape index (κ3) is 5.57. The Labute approximate surface area is 157 Å². The summed E-state index contributed by atoms with van der Waals surface area (Å²) in [6.07, 6.45) is 23.7. The predicted molar refractivity (Wildman–Crippen MR) is 110 cm³/mol. The van der Waals surface area contributed by atoms with Crippen molar-refractivity contribution in [3.8, 4) is 0 Å². The molecule has 3 saturated carbocycles. The van der Waals surface area contributed by atoms with Crippen LogP contribution in [0.2, 0.25) is 0 Å². The Kier molecular flexibility index (Phi) is 7.87. The van der Waals surface area contributed by atoms with Gasteiger partial charge in [0.2, 0.25) is 0 Å². The molecule has 0 aromatic rings. The van der Waals surface area contributed by atoms with Crippen molar-refractivity contribution in [3.63, 3.8) is 0 Å². The van der Waals surface area contributed by atoms with Crippen LogP contribution in [0.4, 0.5) is 0 Å². The summed E-state index contributed by atoms with van der Waals surface area (Å²) < 4.78 is 0. The van der Waals surface area contributed by atoms with Gasteiger partial charge in [0.1, 0.15) is 0 Å². The summed E-state index contributed by atoms with van der Waals surface area (Å²) in [5, 5.41) is 0. The van der Waals surface area contributed by atoms with Crippen molar-refractivity contribution in [1.29, 1.82) is 0 Å². The van der Waals surface area contributed by atoms with Crippen molar-refractivity contribution >= 4 is 6.72 Å². The van der Waals surface area contributed by atoms with E-state index in [2.05, 4.69) is 18.6 Å². The molecule has 0 unspecified atom stereocenters. The molecule has 0 aliphatic heterocycles. The Hall–Kier alpha value is -0.330. The van der Waals surface area contributed by atoms with E-state index >= 15 is 0 Å². The van der Waals surface area contributed by atoms with Crippen LogP contribution in [0, 0.1) is 29.6 Å². The summed E-state index contributed by atoms with van der Waals surface area (Å²) in [5.74, 6) is 5.32. The Morgan fingerprint density at radius 3 is 1.52 bits per heavy atom. The molecule has 1 nitrogen and oxygen atoms in total. The predicted octanol–water partition coefficient (Wildman–Crippen LogP) is 7.44. The van der Waals surface area contributed by atoms with Crippen LogP contribution in [0.1, 0.15) is 110 Å². The lowest BCUT2D eigenvalue weighted by Crippen LogP contribution is -2.30. The van der Waals surface area contributed by atoms with Crippen molar-refractivity contribution in [1.82, 2.24) is 0 Å².